The average molecular weight is 229 g/mol. The molecule has 1 fully saturated rings. The van der Waals surface area contributed by atoms with Crippen molar-refractivity contribution in [3.63, 3.8) is 0 Å². The molecule has 0 aliphatic carbocycles. The van der Waals surface area contributed by atoms with Gasteiger partial charge in [0, 0.05) is 18.6 Å². The normalized spacial score (nSPS) is 29.1. The Kier molecular flexibility index (Phi) is 2.88. The van der Waals surface area contributed by atoms with Crippen molar-refractivity contribution in [1.82, 2.24) is 4.90 Å². The van der Waals surface area contributed by atoms with Crippen LogP contribution < -0.4 is 0 Å². The molecular weight excluding hydrogens is 206 g/mol. The zero-order chi connectivity index (χ0) is 11.3. The van der Waals surface area contributed by atoms with E-state index in [9.17, 15) is 0 Å². The number of hydrogen-bond acceptors (Lipinski definition) is 1. The van der Waals surface area contributed by atoms with Crippen LogP contribution in [0, 0.1) is 5.41 Å². The first-order chi connectivity index (χ1) is 6.07. The van der Waals surface area contributed by atoms with E-state index >= 15 is 0 Å². The van der Waals surface area contributed by atoms with Crippen LogP contribution in [0.25, 0.3) is 0 Å². The molecule has 0 aromatic carbocycles. The molecule has 0 spiro atoms. The van der Waals surface area contributed by atoms with E-state index in [1.54, 1.807) is 0 Å². The zero-order valence-electron chi connectivity index (χ0n) is 10.5. The average Bonchev–Trinajstić information content (AvgIpc) is 1.93. The largest absolute Gasteiger partial charge is 0.365 e. The Hall–Kier alpha value is 0.107. The number of likely N-dealkylation sites (tertiary alicyclic amines) is 1. The summed E-state index contributed by atoms with van der Waals surface area (Å²) >= 11 is 5.48. The van der Waals surface area contributed by atoms with Crippen LogP contribution in [0.1, 0.15) is 20.8 Å². The van der Waals surface area contributed by atoms with Crippen molar-refractivity contribution < 1.29 is 0 Å². The predicted molar refractivity (Wildman–Crippen MR) is 70.7 cm³/mol. The summed E-state index contributed by atoms with van der Waals surface area (Å²) in [6.45, 7) is 14.2. The van der Waals surface area contributed by atoms with E-state index in [0.717, 1.165) is 0 Å². The first-order valence-electron chi connectivity index (χ1n) is 5.33. The smallest absolute Gasteiger partial charge is 0.0804 e. The fourth-order valence-electron chi connectivity index (χ4n) is 2.56. The highest BCUT2D eigenvalue weighted by Crippen LogP contribution is 2.47. The Balaban J connectivity index is 2.92. The lowest BCUT2D eigenvalue weighted by Gasteiger charge is -2.58. The molecule has 1 heterocycles. The van der Waals surface area contributed by atoms with E-state index in [1.807, 2.05) is 0 Å². The second-order valence-corrected chi connectivity index (χ2v) is 12.4. The zero-order valence-corrected chi connectivity index (χ0v) is 12.3. The van der Waals surface area contributed by atoms with Gasteiger partial charge in [-0.1, -0.05) is 52.6 Å². The number of thiocarbonyl (C=S) groups is 1. The highest BCUT2D eigenvalue weighted by Gasteiger charge is 2.52. The minimum Gasteiger partial charge on any atom is -0.365 e. The maximum atomic E-state index is 5.48. The lowest BCUT2D eigenvalue weighted by atomic mass is 9.79. The quantitative estimate of drug-likeness (QED) is 0.501. The third kappa shape index (κ3) is 1.89. The van der Waals surface area contributed by atoms with Gasteiger partial charge in [-0.3, -0.25) is 0 Å². The fourth-order valence-corrected chi connectivity index (χ4v) is 6.48. The van der Waals surface area contributed by atoms with Gasteiger partial charge >= 0.3 is 0 Å². The topological polar surface area (TPSA) is 3.24 Å². The predicted octanol–water partition coefficient (Wildman–Crippen LogP) is 3.38. The van der Waals surface area contributed by atoms with Gasteiger partial charge in [0.2, 0.25) is 0 Å². The molecule has 0 bridgehead atoms. The summed E-state index contributed by atoms with van der Waals surface area (Å²) in [5.41, 5.74) is 1.05. The van der Waals surface area contributed by atoms with Crippen LogP contribution in [-0.2, 0) is 0 Å². The van der Waals surface area contributed by atoms with Crippen molar-refractivity contribution in [1.29, 1.82) is 0 Å². The summed E-state index contributed by atoms with van der Waals surface area (Å²) in [5.74, 6) is 0. The third-order valence-electron chi connectivity index (χ3n) is 3.17. The second kappa shape index (κ2) is 3.31. The lowest BCUT2D eigenvalue weighted by molar-refractivity contribution is 0.149. The molecule has 2 atom stereocenters. The first-order valence-corrected chi connectivity index (χ1v) is 9.32. The molecule has 0 saturated carbocycles. The number of hydrogen-bond donors (Lipinski definition) is 0. The van der Waals surface area contributed by atoms with E-state index in [4.69, 9.17) is 12.2 Å². The Labute approximate surface area is 94.9 Å². The van der Waals surface area contributed by atoms with E-state index in [2.05, 4.69) is 52.4 Å². The van der Waals surface area contributed by atoms with Crippen molar-refractivity contribution in [2.45, 2.75) is 52.0 Å². The third-order valence-corrected chi connectivity index (χ3v) is 6.37. The molecule has 1 aliphatic rings. The van der Waals surface area contributed by atoms with Gasteiger partial charge in [-0.15, -0.1) is 0 Å². The molecule has 82 valence electrons. The van der Waals surface area contributed by atoms with Crippen LogP contribution in [0.15, 0.2) is 0 Å². The van der Waals surface area contributed by atoms with Crippen LogP contribution >= 0.6 is 12.2 Å². The molecule has 1 aliphatic heterocycles. The molecule has 14 heavy (non-hydrogen) atoms. The molecule has 0 radical (unpaired) electrons. The fraction of sp³-hybridized carbons (Fsp3) is 0.909. The lowest BCUT2D eigenvalue weighted by Crippen LogP contribution is -2.66. The van der Waals surface area contributed by atoms with Gasteiger partial charge in [-0.25, -0.2) is 0 Å². The minimum absolute atomic E-state index is 0.349. The Morgan fingerprint density at radius 2 is 1.64 bits per heavy atom. The summed E-state index contributed by atoms with van der Waals surface area (Å²) in [6, 6.07) is 0.654. The standard InChI is InChI=1S/C11H23NSSi/c1-11(2,3)9-8(14(5,6)7)10(13)12(9)4/h8-9H,1-7H3. The molecule has 0 amide bonds. The monoisotopic (exact) mass is 229 g/mol. The molecule has 3 heteroatoms. The minimum atomic E-state index is -1.13. The second-order valence-electron chi connectivity index (χ2n) is 6.60. The molecule has 0 N–H and O–H groups in total. The summed E-state index contributed by atoms with van der Waals surface area (Å²) < 4.78 is 0. The first kappa shape index (κ1) is 12.2. The molecule has 1 nitrogen and oxygen atoms in total. The maximum absolute atomic E-state index is 5.48. The van der Waals surface area contributed by atoms with Gasteiger partial charge < -0.3 is 4.90 Å². The van der Waals surface area contributed by atoms with Crippen LogP contribution in [0.3, 0.4) is 0 Å². The Morgan fingerprint density at radius 1 is 1.21 bits per heavy atom. The van der Waals surface area contributed by atoms with Crippen LogP contribution in [0.2, 0.25) is 25.2 Å². The van der Waals surface area contributed by atoms with E-state index in [1.165, 1.54) is 4.99 Å². The highest BCUT2D eigenvalue weighted by molar-refractivity contribution is 7.80. The molecule has 0 aromatic heterocycles. The molecule has 0 aromatic rings. The molecular formula is C11H23NSSi. The van der Waals surface area contributed by atoms with Gasteiger partial charge in [-0.05, 0) is 5.41 Å². The number of rotatable bonds is 1. The summed E-state index contributed by atoms with van der Waals surface area (Å²) in [4.78, 5) is 3.50. The molecule has 1 rings (SSSR count). The molecule has 1 saturated heterocycles. The van der Waals surface area contributed by atoms with Crippen LogP contribution in [0.4, 0.5) is 0 Å². The number of nitrogens with zero attached hydrogens (tertiary/aromatic N) is 1. The van der Waals surface area contributed by atoms with Crippen molar-refractivity contribution in [3.8, 4) is 0 Å². The molecule has 2 unspecified atom stereocenters. The van der Waals surface area contributed by atoms with Gasteiger partial charge in [-0.2, -0.15) is 0 Å². The summed E-state index contributed by atoms with van der Waals surface area (Å²) in [6.07, 6.45) is 0. The van der Waals surface area contributed by atoms with Gasteiger partial charge in [0.25, 0.3) is 0 Å². The van der Waals surface area contributed by atoms with Crippen LogP contribution in [0.5, 0.6) is 0 Å². The SMILES string of the molecule is CN1C(=S)C([Si](C)(C)C)C1C(C)(C)C. The maximum Gasteiger partial charge on any atom is 0.0804 e. The van der Waals surface area contributed by atoms with Crippen molar-refractivity contribution in [2.75, 3.05) is 7.05 Å². The van der Waals surface area contributed by atoms with Crippen molar-refractivity contribution in [3.05, 3.63) is 0 Å². The van der Waals surface area contributed by atoms with Crippen molar-refractivity contribution >= 4 is 25.3 Å². The van der Waals surface area contributed by atoms with Gasteiger partial charge in [0.05, 0.1) is 13.1 Å². The summed E-state index contributed by atoms with van der Waals surface area (Å²) in [5, 5.41) is 0. The van der Waals surface area contributed by atoms with E-state index < -0.39 is 8.07 Å². The van der Waals surface area contributed by atoms with Gasteiger partial charge in [0.1, 0.15) is 0 Å². The van der Waals surface area contributed by atoms with Crippen LogP contribution in [-0.4, -0.2) is 31.1 Å². The summed E-state index contributed by atoms with van der Waals surface area (Å²) in [7, 11) is 1.01. The Bertz CT molecular complexity index is 249. The van der Waals surface area contributed by atoms with E-state index in [0.29, 0.717) is 17.0 Å². The van der Waals surface area contributed by atoms with Crippen molar-refractivity contribution in [2.24, 2.45) is 5.41 Å². The Morgan fingerprint density at radius 3 is 1.86 bits per heavy atom. The highest BCUT2D eigenvalue weighted by atomic mass is 32.1. The van der Waals surface area contributed by atoms with Gasteiger partial charge in [0.15, 0.2) is 0 Å². The van der Waals surface area contributed by atoms with E-state index in [-0.39, 0.29) is 0 Å².